The van der Waals surface area contributed by atoms with E-state index in [1.165, 1.54) is 12.8 Å². The fraction of sp³-hybridized carbons (Fsp3) is 0.296. The van der Waals surface area contributed by atoms with Crippen LogP contribution < -0.4 is 16.4 Å². The lowest BCUT2D eigenvalue weighted by molar-refractivity contribution is 0.434. The maximum absolute atomic E-state index is 12.4. The van der Waals surface area contributed by atoms with Gasteiger partial charge in [-0.15, -0.1) is 0 Å². The first-order valence-corrected chi connectivity index (χ1v) is 13.9. The lowest BCUT2D eigenvalue weighted by Crippen LogP contribution is -2.29. The molecule has 5 rings (SSSR count). The van der Waals surface area contributed by atoms with Gasteiger partial charge in [0, 0.05) is 35.5 Å². The second-order valence-corrected chi connectivity index (χ2v) is 11.9. The van der Waals surface area contributed by atoms with E-state index in [-0.39, 0.29) is 10.7 Å². The van der Waals surface area contributed by atoms with Crippen molar-refractivity contribution in [2.45, 2.75) is 42.9 Å². The van der Waals surface area contributed by atoms with Gasteiger partial charge >= 0.3 is 0 Å². The van der Waals surface area contributed by atoms with Crippen LogP contribution in [0.1, 0.15) is 26.7 Å². The molecule has 0 amide bonds. The summed E-state index contributed by atoms with van der Waals surface area (Å²) in [5.74, 6) is 0.612. The summed E-state index contributed by atoms with van der Waals surface area (Å²) in [6.07, 6.45) is 3.98. The Kier molecular flexibility index (Phi) is 6.94. The molecule has 37 heavy (non-hydrogen) atoms. The van der Waals surface area contributed by atoms with Crippen molar-refractivity contribution < 1.29 is 12.9 Å². The lowest BCUT2D eigenvalue weighted by atomic mass is 10.1. The molecule has 1 aliphatic rings. The molecule has 0 spiro atoms. The van der Waals surface area contributed by atoms with E-state index in [1.807, 2.05) is 24.3 Å². The van der Waals surface area contributed by atoms with Gasteiger partial charge in [-0.05, 0) is 57.5 Å². The van der Waals surface area contributed by atoms with Gasteiger partial charge in [0.1, 0.15) is 5.69 Å². The van der Waals surface area contributed by atoms with Crippen LogP contribution in [0.5, 0.6) is 0 Å². The van der Waals surface area contributed by atoms with Gasteiger partial charge in [-0.25, -0.2) is 18.4 Å². The Hall–Kier alpha value is -3.76. The Morgan fingerprint density at radius 2 is 1.78 bits per heavy atom. The van der Waals surface area contributed by atoms with Crippen LogP contribution in [0.25, 0.3) is 34.0 Å². The molecule has 2 aromatic carbocycles. The standard InChI is InChI=1S/C27H30N6O3S/c1-17(2)37(34,35)22-11-7-19(8-12-22)24-16-31-27(28)26(32-24)25-14-23(33-36-25)18-5-9-20(10-6-18)30-15-21-4-3-13-29-21/h5-12,14,16-17,21,29-30H,3-4,13,15H2,1-2H3,(H2,28,31)/t21-/m1/s1. The van der Waals surface area contributed by atoms with Gasteiger partial charge in [0.25, 0.3) is 0 Å². The molecule has 9 nitrogen and oxygen atoms in total. The van der Waals surface area contributed by atoms with Gasteiger partial charge < -0.3 is 20.9 Å². The number of hydrogen-bond acceptors (Lipinski definition) is 9. The normalized spacial score (nSPS) is 15.8. The number of nitrogens with two attached hydrogens (primary N) is 1. The minimum atomic E-state index is -3.35. The molecular weight excluding hydrogens is 488 g/mol. The van der Waals surface area contributed by atoms with E-state index in [2.05, 4.69) is 25.8 Å². The zero-order chi connectivity index (χ0) is 26.0. The second-order valence-electron chi connectivity index (χ2n) is 9.44. The van der Waals surface area contributed by atoms with Crippen LogP contribution in [0.4, 0.5) is 11.5 Å². The van der Waals surface area contributed by atoms with Gasteiger partial charge in [-0.2, -0.15) is 0 Å². The van der Waals surface area contributed by atoms with E-state index < -0.39 is 15.1 Å². The highest BCUT2D eigenvalue weighted by Gasteiger charge is 2.20. The molecule has 1 atom stereocenters. The number of hydrogen-bond donors (Lipinski definition) is 3. The smallest absolute Gasteiger partial charge is 0.189 e. The van der Waals surface area contributed by atoms with Crippen LogP contribution >= 0.6 is 0 Å². The molecule has 2 aromatic heterocycles. The van der Waals surface area contributed by atoms with E-state index in [0.717, 1.165) is 24.3 Å². The molecule has 192 valence electrons. The first-order chi connectivity index (χ1) is 17.8. The van der Waals surface area contributed by atoms with Crippen LogP contribution in [0.3, 0.4) is 0 Å². The SMILES string of the molecule is CC(C)S(=O)(=O)c1ccc(-c2cnc(N)c(-c3cc(-c4ccc(NC[C@H]5CCCN5)cc4)no3)n2)cc1. The quantitative estimate of drug-likeness (QED) is 0.310. The van der Waals surface area contributed by atoms with Crippen LogP contribution in [0.2, 0.25) is 0 Å². The lowest BCUT2D eigenvalue weighted by Gasteiger charge is -2.12. The van der Waals surface area contributed by atoms with Gasteiger partial charge in [0.05, 0.1) is 22.0 Å². The van der Waals surface area contributed by atoms with Gasteiger partial charge in [-0.3, -0.25) is 0 Å². The predicted octanol–water partition coefficient (Wildman–Crippen LogP) is 4.39. The Morgan fingerprint density at radius 1 is 1.08 bits per heavy atom. The van der Waals surface area contributed by atoms with Crippen LogP contribution in [0.15, 0.2) is 70.2 Å². The molecule has 0 saturated carbocycles. The molecule has 0 unspecified atom stereocenters. The topological polar surface area (TPSA) is 136 Å². The van der Waals surface area contributed by atoms with E-state index >= 15 is 0 Å². The molecule has 1 fully saturated rings. The van der Waals surface area contributed by atoms with Gasteiger partial charge in [0.2, 0.25) is 0 Å². The molecule has 4 N–H and O–H groups in total. The summed E-state index contributed by atoms with van der Waals surface area (Å²) in [5.41, 5.74) is 10.4. The summed E-state index contributed by atoms with van der Waals surface area (Å²) in [5, 5.41) is 10.7. The fourth-order valence-corrected chi connectivity index (χ4v) is 5.32. The van der Waals surface area contributed by atoms with E-state index in [9.17, 15) is 8.42 Å². The summed E-state index contributed by atoms with van der Waals surface area (Å²) >= 11 is 0. The van der Waals surface area contributed by atoms with E-state index in [1.54, 1.807) is 50.4 Å². The average Bonchev–Trinajstić information content (AvgIpc) is 3.61. The zero-order valence-corrected chi connectivity index (χ0v) is 21.6. The molecule has 4 aromatic rings. The van der Waals surface area contributed by atoms with Crippen molar-refractivity contribution in [1.29, 1.82) is 0 Å². The third-order valence-corrected chi connectivity index (χ3v) is 8.71. The van der Waals surface area contributed by atoms with Crippen molar-refractivity contribution in [2.75, 3.05) is 24.1 Å². The largest absolute Gasteiger partial charge is 0.383 e. The molecular formula is C27H30N6O3S. The summed E-state index contributed by atoms with van der Waals surface area (Å²) < 4.78 is 30.4. The van der Waals surface area contributed by atoms with Crippen LogP contribution in [-0.2, 0) is 9.84 Å². The van der Waals surface area contributed by atoms with Crippen molar-refractivity contribution in [3.63, 3.8) is 0 Å². The van der Waals surface area contributed by atoms with Crippen molar-refractivity contribution in [3.05, 3.63) is 60.8 Å². The Balaban J connectivity index is 1.34. The molecule has 0 aliphatic carbocycles. The number of anilines is 2. The maximum atomic E-state index is 12.4. The Labute approximate surface area is 216 Å². The van der Waals surface area contributed by atoms with Crippen molar-refractivity contribution in [3.8, 4) is 34.0 Å². The number of benzene rings is 2. The van der Waals surface area contributed by atoms with E-state index in [4.69, 9.17) is 10.3 Å². The minimum absolute atomic E-state index is 0.213. The first kappa shape index (κ1) is 24.9. The monoisotopic (exact) mass is 518 g/mol. The zero-order valence-electron chi connectivity index (χ0n) is 20.8. The van der Waals surface area contributed by atoms with E-state index in [0.29, 0.717) is 34.4 Å². The highest BCUT2D eigenvalue weighted by molar-refractivity contribution is 7.92. The van der Waals surface area contributed by atoms with Gasteiger partial charge in [-0.1, -0.05) is 29.4 Å². The maximum Gasteiger partial charge on any atom is 0.189 e. The number of rotatable bonds is 8. The van der Waals surface area contributed by atoms with Crippen LogP contribution in [-0.4, -0.2) is 47.9 Å². The van der Waals surface area contributed by atoms with Crippen molar-refractivity contribution in [2.24, 2.45) is 0 Å². The summed E-state index contributed by atoms with van der Waals surface area (Å²) in [6, 6.07) is 16.9. The molecule has 3 heterocycles. The third kappa shape index (κ3) is 5.35. The Bertz CT molecular complexity index is 1480. The first-order valence-electron chi connectivity index (χ1n) is 12.3. The van der Waals surface area contributed by atoms with Crippen molar-refractivity contribution >= 4 is 21.3 Å². The number of aromatic nitrogens is 3. The molecule has 1 aliphatic heterocycles. The fourth-order valence-electron chi connectivity index (χ4n) is 4.26. The van der Waals surface area contributed by atoms with Crippen LogP contribution in [0, 0.1) is 0 Å². The number of nitrogens with zero attached hydrogens (tertiary/aromatic N) is 3. The Morgan fingerprint density at radius 3 is 2.46 bits per heavy atom. The molecule has 0 radical (unpaired) electrons. The molecule has 1 saturated heterocycles. The number of nitrogen functional groups attached to an aromatic ring is 1. The average molecular weight is 519 g/mol. The molecule has 0 bridgehead atoms. The highest BCUT2D eigenvalue weighted by atomic mass is 32.2. The van der Waals surface area contributed by atoms with Gasteiger partial charge in [0.15, 0.2) is 27.1 Å². The summed E-state index contributed by atoms with van der Waals surface area (Å²) in [6.45, 7) is 5.31. The number of sulfone groups is 1. The second kappa shape index (κ2) is 10.3. The summed E-state index contributed by atoms with van der Waals surface area (Å²) in [7, 11) is -3.35. The van der Waals surface area contributed by atoms with Crippen molar-refractivity contribution in [1.82, 2.24) is 20.4 Å². The minimum Gasteiger partial charge on any atom is -0.383 e. The third-order valence-electron chi connectivity index (χ3n) is 6.54. The highest BCUT2D eigenvalue weighted by Crippen LogP contribution is 2.30. The summed E-state index contributed by atoms with van der Waals surface area (Å²) in [4.78, 5) is 9.18. The molecule has 10 heteroatoms. The predicted molar refractivity (Wildman–Crippen MR) is 145 cm³/mol. The number of nitrogens with one attached hydrogen (secondary N) is 2.